The molecule has 0 unspecified atom stereocenters. The number of imidazole rings is 1. The van der Waals surface area contributed by atoms with Gasteiger partial charge in [-0.25, -0.2) is 4.98 Å². The van der Waals surface area contributed by atoms with Gasteiger partial charge in [0.25, 0.3) is 0 Å². The SMILES string of the molecule is CCCCCC(C)(C)c1nc(C(C)(C)CC)c(C(C)(C)CCCC)[nH]1. The molecule has 0 aliphatic rings. The van der Waals surface area contributed by atoms with Crippen LogP contribution in [0, 0.1) is 0 Å². The summed E-state index contributed by atoms with van der Waals surface area (Å²) >= 11 is 0. The third kappa shape index (κ3) is 5.59. The van der Waals surface area contributed by atoms with Crippen LogP contribution in [0.3, 0.4) is 0 Å². The molecule has 0 aromatic carbocycles. The van der Waals surface area contributed by atoms with E-state index in [2.05, 4.69) is 67.3 Å². The number of unbranched alkanes of at least 4 members (excludes halogenated alkanes) is 3. The second-order valence-electron chi connectivity index (χ2n) is 9.87. The van der Waals surface area contributed by atoms with Crippen molar-refractivity contribution < 1.29 is 0 Å². The molecule has 0 atom stereocenters. The Kier molecular flexibility index (Phi) is 7.77. The number of nitrogens with one attached hydrogen (secondary N) is 1. The molecule has 0 spiro atoms. The van der Waals surface area contributed by atoms with Gasteiger partial charge in [-0.1, -0.05) is 94.4 Å². The standard InChI is InChI=1S/C23H44N2/c1-10-13-15-17-23(8,9)20-24-18(21(4,5)12-3)19(25-20)22(6,7)16-14-11-2/h10-17H2,1-9H3,(H,24,25). The predicted molar refractivity (Wildman–Crippen MR) is 112 cm³/mol. The highest BCUT2D eigenvalue weighted by atomic mass is 15.0. The molecule has 0 radical (unpaired) electrons. The van der Waals surface area contributed by atoms with Crippen LogP contribution in [0.5, 0.6) is 0 Å². The average Bonchev–Trinajstić information content (AvgIpc) is 3.01. The van der Waals surface area contributed by atoms with Crippen molar-refractivity contribution in [1.82, 2.24) is 9.97 Å². The van der Waals surface area contributed by atoms with Gasteiger partial charge >= 0.3 is 0 Å². The van der Waals surface area contributed by atoms with E-state index in [-0.39, 0.29) is 16.2 Å². The van der Waals surface area contributed by atoms with E-state index in [1.807, 2.05) is 0 Å². The third-order valence-electron chi connectivity index (χ3n) is 6.11. The molecule has 1 N–H and O–H groups in total. The lowest BCUT2D eigenvalue weighted by atomic mass is 9.76. The van der Waals surface area contributed by atoms with Crippen LogP contribution >= 0.6 is 0 Å². The first-order chi connectivity index (χ1) is 11.5. The van der Waals surface area contributed by atoms with Crippen molar-refractivity contribution in [2.24, 2.45) is 0 Å². The Morgan fingerprint density at radius 3 is 1.80 bits per heavy atom. The van der Waals surface area contributed by atoms with Crippen LogP contribution in [0.4, 0.5) is 0 Å². The molecule has 0 aliphatic heterocycles. The molecule has 1 heterocycles. The molecule has 2 heteroatoms. The zero-order chi connectivity index (χ0) is 19.3. The van der Waals surface area contributed by atoms with E-state index in [0.717, 1.165) is 6.42 Å². The zero-order valence-corrected chi connectivity index (χ0v) is 18.6. The molecule has 146 valence electrons. The number of hydrogen-bond acceptors (Lipinski definition) is 1. The summed E-state index contributed by atoms with van der Waals surface area (Å²) in [4.78, 5) is 9.05. The highest BCUT2D eigenvalue weighted by molar-refractivity contribution is 5.31. The predicted octanol–water partition coefficient (Wildman–Crippen LogP) is 7.42. The Bertz CT molecular complexity index is 520. The zero-order valence-electron chi connectivity index (χ0n) is 18.6. The number of H-pyrrole nitrogens is 1. The van der Waals surface area contributed by atoms with Crippen molar-refractivity contribution in [2.45, 2.75) is 130 Å². The summed E-state index contributed by atoms with van der Waals surface area (Å²) in [7, 11) is 0. The highest BCUT2D eigenvalue weighted by Crippen LogP contribution is 2.39. The van der Waals surface area contributed by atoms with Crippen molar-refractivity contribution in [2.75, 3.05) is 0 Å². The number of aromatic nitrogens is 2. The molecule has 1 rings (SSSR count). The minimum atomic E-state index is 0.118. The molecule has 0 aliphatic carbocycles. The second kappa shape index (κ2) is 8.73. The molecule has 1 aromatic heterocycles. The van der Waals surface area contributed by atoms with Crippen LogP contribution < -0.4 is 0 Å². The molecule has 0 bridgehead atoms. The van der Waals surface area contributed by atoms with Gasteiger partial charge in [0, 0.05) is 21.9 Å². The van der Waals surface area contributed by atoms with Crippen LogP contribution in [0.15, 0.2) is 0 Å². The van der Waals surface area contributed by atoms with Gasteiger partial charge in [0.1, 0.15) is 5.82 Å². The maximum atomic E-state index is 5.22. The van der Waals surface area contributed by atoms with Gasteiger partial charge < -0.3 is 4.98 Å². The topological polar surface area (TPSA) is 28.7 Å². The Labute approximate surface area is 157 Å². The quantitative estimate of drug-likeness (QED) is 0.414. The Hall–Kier alpha value is -0.790. The van der Waals surface area contributed by atoms with Gasteiger partial charge in [-0.15, -0.1) is 0 Å². The van der Waals surface area contributed by atoms with E-state index in [0.29, 0.717) is 0 Å². The van der Waals surface area contributed by atoms with Gasteiger partial charge in [0.2, 0.25) is 0 Å². The Morgan fingerprint density at radius 2 is 1.28 bits per heavy atom. The average molecular weight is 349 g/mol. The molecule has 0 amide bonds. The molecule has 25 heavy (non-hydrogen) atoms. The fraction of sp³-hybridized carbons (Fsp3) is 0.870. The van der Waals surface area contributed by atoms with E-state index in [9.17, 15) is 0 Å². The first kappa shape index (κ1) is 22.3. The lowest BCUT2D eigenvalue weighted by Gasteiger charge is -2.30. The lowest BCUT2D eigenvalue weighted by Crippen LogP contribution is -2.26. The molecule has 0 fully saturated rings. The summed E-state index contributed by atoms with van der Waals surface area (Å²) in [6.07, 6.45) is 9.93. The normalized spacial score (nSPS) is 13.5. The first-order valence-electron chi connectivity index (χ1n) is 10.6. The first-order valence-corrected chi connectivity index (χ1v) is 10.6. The number of aromatic amines is 1. The summed E-state index contributed by atoms with van der Waals surface area (Å²) in [5, 5.41) is 0. The Morgan fingerprint density at radius 1 is 0.720 bits per heavy atom. The largest absolute Gasteiger partial charge is 0.345 e. The van der Waals surface area contributed by atoms with Gasteiger partial charge in [-0.3, -0.25) is 0 Å². The lowest BCUT2D eigenvalue weighted by molar-refractivity contribution is 0.415. The fourth-order valence-electron chi connectivity index (χ4n) is 3.52. The summed E-state index contributed by atoms with van der Waals surface area (Å²) < 4.78 is 0. The molecule has 1 aromatic rings. The highest BCUT2D eigenvalue weighted by Gasteiger charge is 2.36. The third-order valence-corrected chi connectivity index (χ3v) is 6.11. The van der Waals surface area contributed by atoms with Crippen LogP contribution in [-0.4, -0.2) is 9.97 Å². The van der Waals surface area contributed by atoms with E-state index >= 15 is 0 Å². The minimum Gasteiger partial charge on any atom is -0.345 e. The maximum Gasteiger partial charge on any atom is 0.112 e. The summed E-state index contributed by atoms with van der Waals surface area (Å²) in [6.45, 7) is 21.0. The monoisotopic (exact) mass is 348 g/mol. The number of nitrogens with zero attached hydrogens (tertiary/aromatic N) is 1. The van der Waals surface area contributed by atoms with Gasteiger partial charge in [-0.2, -0.15) is 0 Å². The molecule has 0 saturated heterocycles. The fourth-order valence-corrected chi connectivity index (χ4v) is 3.52. The summed E-state index contributed by atoms with van der Waals surface area (Å²) in [5.41, 5.74) is 3.07. The molecule has 0 saturated carbocycles. The smallest absolute Gasteiger partial charge is 0.112 e. The van der Waals surface area contributed by atoms with E-state index in [1.54, 1.807) is 0 Å². The van der Waals surface area contributed by atoms with Crippen LogP contribution in [0.25, 0.3) is 0 Å². The van der Waals surface area contributed by atoms with E-state index in [4.69, 9.17) is 4.98 Å². The molecule has 2 nitrogen and oxygen atoms in total. The minimum absolute atomic E-state index is 0.118. The van der Waals surface area contributed by atoms with Crippen molar-refractivity contribution in [3.05, 3.63) is 17.2 Å². The van der Waals surface area contributed by atoms with Crippen LogP contribution in [0.1, 0.15) is 131 Å². The summed E-state index contributed by atoms with van der Waals surface area (Å²) in [5.74, 6) is 1.19. The maximum absolute atomic E-state index is 5.22. The van der Waals surface area contributed by atoms with Crippen LogP contribution in [-0.2, 0) is 16.2 Å². The van der Waals surface area contributed by atoms with Crippen molar-refractivity contribution >= 4 is 0 Å². The number of hydrogen-bond donors (Lipinski definition) is 1. The van der Waals surface area contributed by atoms with Crippen molar-refractivity contribution in [1.29, 1.82) is 0 Å². The van der Waals surface area contributed by atoms with E-state index < -0.39 is 0 Å². The van der Waals surface area contributed by atoms with Gasteiger partial charge in [-0.05, 0) is 19.3 Å². The van der Waals surface area contributed by atoms with Crippen LogP contribution in [0.2, 0.25) is 0 Å². The van der Waals surface area contributed by atoms with Crippen molar-refractivity contribution in [3.63, 3.8) is 0 Å². The second-order valence-corrected chi connectivity index (χ2v) is 9.87. The summed E-state index contributed by atoms with van der Waals surface area (Å²) in [6, 6.07) is 0. The Balaban J connectivity index is 3.29. The molecular weight excluding hydrogens is 304 g/mol. The van der Waals surface area contributed by atoms with Gasteiger partial charge in [0.05, 0.1) is 5.69 Å². The van der Waals surface area contributed by atoms with Crippen molar-refractivity contribution in [3.8, 4) is 0 Å². The number of rotatable bonds is 11. The van der Waals surface area contributed by atoms with Gasteiger partial charge in [0.15, 0.2) is 0 Å². The van der Waals surface area contributed by atoms with E-state index in [1.165, 1.54) is 62.2 Å². The molecular formula is C23H44N2.